The highest BCUT2D eigenvalue weighted by Crippen LogP contribution is 2.42. The van der Waals surface area contributed by atoms with Gasteiger partial charge in [-0.05, 0) is 83.7 Å². The van der Waals surface area contributed by atoms with Crippen LogP contribution in [0.25, 0.3) is 16.5 Å². The van der Waals surface area contributed by atoms with Crippen molar-refractivity contribution in [1.29, 1.82) is 0 Å². The Morgan fingerprint density at radius 3 is 2.49 bits per heavy atom. The number of hydrogen-bond donors (Lipinski definition) is 2. The van der Waals surface area contributed by atoms with E-state index in [0.717, 1.165) is 22.8 Å². The Bertz CT molecular complexity index is 1630. The van der Waals surface area contributed by atoms with E-state index in [-0.39, 0.29) is 24.6 Å². The third-order valence-corrected chi connectivity index (χ3v) is 7.21. The number of anilines is 2. The number of methoxy groups -OCH3 is 1. The predicted molar refractivity (Wildman–Crippen MR) is 158 cm³/mol. The van der Waals surface area contributed by atoms with Crippen molar-refractivity contribution in [3.8, 4) is 5.69 Å². The van der Waals surface area contributed by atoms with E-state index in [4.69, 9.17) is 17.0 Å². The molecule has 2 aromatic heterocycles. The van der Waals surface area contributed by atoms with E-state index in [1.54, 1.807) is 6.20 Å². The third-order valence-electron chi connectivity index (χ3n) is 6.90. The highest BCUT2D eigenvalue weighted by Gasteiger charge is 2.42. The highest BCUT2D eigenvalue weighted by molar-refractivity contribution is 7.80. The van der Waals surface area contributed by atoms with Crippen LogP contribution >= 0.6 is 12.2 Å². The van der Waals surface area contributed by atoms with Gasteiger partial charge in [-0.3, -0.25) is 9.78 Å². The Labute approximate surface area is 232 Å². The van der Waals surface area contributed by atoms with Crippen LogP contribution < -0.4 is 15.5 Å². The van der Waals surface area contributed by atoms with E-state index in [9.17, 15) is 4.79 Å². The normalized spacial score (nSPS) is 16.8. The highest BCUT2D eigenvalue weighted by atomic mass is 32.1. The van der Waals surface area contributed by atoms with E-state index in [1.807, 2.05) is 42.5 Å². The summed E-state index contributed by atoms with van der Waals surface area (Å²) >= 11 is 5.90. The first kappa shape index (κ1) is 24.8. The molecule has 0 spiro atoms. The van der Waals surface area contributed by atoms with Crippen LogP contribution in [0.1, 0.15) is 23.5 Å². The quantitative estimate of drug-likeness (QED) is 0.258. The van der Waals surface area contributed by atoms with Crippen LogP contribution in [-0.2, 0) is 9.53 Å². The minimum atomic E-state index is -0.204. The molecule has 0 bridgehead atoms. The first-order valence-electron chi connectivity index (χ1n) is 12.7. The molecule has 8 heteroatoms. The lowest BCUT2D eigenvalue weighted by Crippen LogP contribution is -2.30. The Kier molecular flexibility index (Phi) is 6.79. The molecule has 3 aromatic carbocycles. The number of fused-ring (bicyclic) bond motifs is 1. The van der Waals surface area contributed by atoms with Gasteiger partial charge in [-0.2, -0.15) is 0 Å². The monoisotopic (exact) mass is 533 g/mol. The molecule has 2 N–H and O–H groups in total. The predicted octanol–water partition coefficient (Wildman–Crippen LogP) is 5.79. The zero-order valence-electron chi connectivity index (χ0n) is 21.3. The number of benzene rings is 3. The van der Waals surface area contributed by atoms with Gasteiger partial charge in [-0.1, -0.05) is 36.4 Å². The van der Waals surface area contributed by atoms with E-state index in [1.165, 1.54) is 17.9 Å². The fraction of sp³-hybridized carbons (Fsp3) is 0.129. The van der Waals surface area contributed by atoms with Gasteiger partial charge in [0.25, 0.3) is 0 Å². The molecule has 194 valence electrons. The van der Waals surface area contributed by atoms with Crippen LogP contribution in [0.3, 0.4) is 0 Å². The van der Waals surface area contributed by atoms with Gasteiger partial charge >= 0.3 is 0 Å². The number of nitrogens with one attached hydrogen (secondary N) is 2. The molecule has 2 atom stereocenters. The average Bonchev–Trinajstić information content (AvgIpc) is 3.58. The Morgan fingerprint density at radius 1 is 0.949 bits per heavy atom. The smallest absolute Gasteiger partial charge is 0.250 e. The standard InChI is InChI=1S/C31H27N5O2S/c1-38-20-28(37)33-23-12-15-24(16-13-23)36-30(29(34-31(36)39)26-9-4-5-17-32-26)27-10-6-18-35(27)25-14-11-21-7-2-3-8-22(21)19-25/h2-19,29-30H,20H2,1H3,(H,33,37)(H,34,39)/t29-,30-/m0/s1. The third kappa shape index (κ3) is 4.87. The lowest BCUT2D eigenvalue weighted by molar-refractivity contribution is -0.119. The Hall–Kier alpha value is -4.53. The second-order valence-corrected chi connectivity index (χ2v) is 9.75. The number of carbonyl (C=O) groups is 1. The van der Waals surface area contributed by atoms with Crippen molar-refractivity contribution < 1.29 is 9.53 Å². The van der Waals surface area contributed by atoms with Crippen LogP contribution in [0.4, 0.5) is 11.4 Å². The summed E-state index contributed by atoms with van der Waals surface area (Å²) in [7, 11) is 1.50. The maximum Gasteiger partial charge on any atom is 0.250 e. The molecule has 0 saturated carbocycles. The fourth-order valence-electron chi connectivity index (χ4n) is 5.16. The summed E-state index contributed by atoms with van der Waals surface area (Å²) in [6, 6.07) is 32.3. The molecule has 7 nitrogen and oxygen atoms in total. The van der Waals surface area contributed by atoms with Crippen molar-refractivity contribution in [2.24, 2.45) is 0 Å². The van der Waals surface area contributed by atoms with Crippen LogP contribution in [0, 0.1) is 0 Å². The molecule has 5 aromatic rings. The Balaban J connectivity index is 1.42. The lowest BCUT2D eigenvalue weighted by atomic mass is 10.0. The van der Waals surface area contributed by atoms with Crippen LogP contribution in [-0.4, -0.2) is 34.3 Å². The molecular weight excluding hydrogens is 506 g/mol. The summed E-state index contributed by atoms with van der Waals surface area (Å²) in [6.07, 6.45) is 3.89. The number of ether oxygens (including phenoxy) is 1. The van der Waals surface area contributed by atoms with E-state index in [2.05, 4.69) is 85.9 Å². The SMILES string of the molecule is COCC(=O)Nc1ccc(N2C(=S)N[C@@H](c3ccccn3)[C@@H]2c2cccn2-c2ccc3ccccc3c2)cc1. The molecular formula is C31H27N5O2S. The summed E-state index contributed by atoms with van der Waals surface area (Å²) in [5, 5.41) is 9.36. The van der Waals surface area contributed by atoms with Gasteiger partial charge in [-0.25, -0.2) is 0 Å². The summed E-state index contributed by atoms with van der Waals surface area (Å²) in [5.74, 6) is -0.204. The minimum absolute atomic E-state index is 0.00146. The van der Waals surface area contributed by atoms with Gasteiger partial charge in [0, 0.05) is 42.3 Å². The van der Waals surface area contributed by atoms with Gasteiger partial charge in [0.05, 0.1) is 11.7 Å². The molecule has 39 heavy (non-hydrogen) atoms. The van der Waals surface area contributed by atoms with Gasteiger partial charge in [0.1, 0.15) is 12.6 Å². The molecule has 0 radical (unpaired) electrons. The summed E-state index contributed by atoms with van der Waals surface area (Å²) in [6.45, 7) is 0.00146. The van der Waals surface area contributed by atoms with Crippen molar-refractivity contribution in [2.45, 2.75) is 12.1 Å². The first-order chi connectivity index (χ1) is 19.1. The molecule has 1 saturated heterocycles. The molecule has 0 aliphatic carbocycles. The van der Waals surface area contributed by atoms with Crippen LogP contribution in [0.15, 0.2) is 109 Å². The second kappa shape index (κ2) is 10.7. The maximum absolute atomic E-state index is 12.0. The molecule has 6 rings (SSSR count). The first-order valence-corrected chi connectivity index (χ1v) is 13.1. The van der Waals surface area contributed by atoms with Gasteiger partial charge < -0.3 is 24.8 Å². The van der Waals surface area contributed by atoms with E-state index < -0.39 is 0 Å². The molecule has 1 aliphatic rings. The molecule has 1 amide bonds. The van der Waals surface area contributed by atoms with Gasteiger partial charge in [-0.15, -0.1) is 0 Å². The Morgan fingerprint density at radius 2 is 1.72 bits per heavy atom. The number of hydrogen-bond acceptors (Lipinski definition) is 4. The van der Waals surface area contributed by atoms with Gasteiger partial charge in [0.15, 0.2) is 5.11 Å². The number of pyridine rings is 1. The number of carbonyl (C=O) groups excluding carboxylic acids is 1. The zero-order chi connectivity index (χ0) is 26.8. The lowest BCUT2D eigenvalue weighted by Gasteiger charge is -2.29. The zero-order valence-corrected chi connectivity index (χ0v) is 22.1. The topological polar surface area (TPSA) is 71.4 Å². The number of aromatic nitrogens is 2. The number of rotatable bonds is 7. The summed E-state index contributed by atoms with van der Waals surface area (Å²) in [4.78, 5) is 18.8. The largest absolute Gasteiger partial charge is 0.375 e. The second-order valence-electron chi connectivity index (χ2n) is 9.36. The van der Waals surface area contributed by atoms with E-state index >= 15 is 0 Å². The van der Waals surface area contributed by atoms with Crippen molar-refractivity contribution in [1.82, 2.24) is 14.9 Å². The van der Waals surface area contributed by atoms with Crippen LogP contribution in [0.5, 0.6) is 0 Å². The number of nitrogens with zero attached hydrogens (tertiary/aromatic N) is 3. The number of thiocarbonyl (C=S) groups is 1. The van der Waals surface area contributed by atoms with Crippen molar-refractivity contribution in [3.63, 3.8) is 0 Å². The minimum Gasteiger partial charge on any atom is -0.375 e. The van der Waals surface area contributed by atoms with Gasteiger partial charge in [0.2, 0.25) is 5.91 Å². The van der Waals surface area contributed by atoms with Crippen molar-refractivity contribution in [3.05, 3.63) is 121 Å². The van der Waals surface area contributed by atoms with E-state index in [0.29, 0.717) is 10.8 Å². The maximum atomic E-state index is 12.0. The van der Waals surface area contributed by atoms with Crippen molar-refractivity contribution >= 4 is 45.4 Å². The number of amides is 1. The molecule has 1 fully saturated rings. The molecule has 0 unspecified atom stereocenters. The van der Waals surface area contributed by atoms with Crippen molar-refractivity contribution in [2.75, 3.05) is 23.9 Å². The molecule has 3 heterocycles. The summed E-state index contributed by atoms with van der Waals surface area (Å²) < 4.78 is 7.14. The van der Waals surface area contributed by atoms with Crippen LogP contribution in [0.2, 0.25) is 0 Å². The molecule has 1 aliphatic heterocycles. The average molecular weight is 534 g/mol. The fourth-order valence-corrected chi connectivity index (χ4v) is 5.51. The summed E-state index contributed by atoms with van der Waals surface area (Å²) in [5.41, 5.74) is 4.65.